The number of allylic oxidation sites excluding steroid dienone is 1. The van der Waals surface area contributed by atoms with Gasteiger partial charge < -0.3 is 4.74 Å². The molecule has 0 spiro atoms. The molecule has 0 atom stereocenters. The van der Waals surface area contributed by atoms with Gasteiger partial charge in [-0.05, 0) is 0 Å². The molecule has 0 saturated heterocycles. The average molecular weight is 168 g/mol. The first-order valence-corrected chi connectivity index (χ1v) is 2.77. The van der Waals surface area contributed by atoms with Crippen LogP contribution in [0.25, 0.3) is 0 Å². The minimum absolute atomic E-state index is 0.714. The van der Waals surface area contributed by atoms with E-state index < -0.39 is 18.6 Å². The molecule has 0 N–H and O–H groups in total. The predicted molar refractivity (Wildman–Crippen MR) is 31.8 cm³/mol. The van der Waals surface area contributed by atoms with E-state index in [1.807, 2.05) is 0 Å². The summed E-state index contributed by atoms with van der Waals surface area (Å²) in [5.74, 6) is -0.783. The Morgan fingerprint density at radius 1 is 1.55 bits per heavy atom. The van der Waals surface area contributed by atoms with Crippen LogP contribution < -0.4 is 0 Å². The topological polar surface area (TPSA) is 26.3 Å². The lowest BCUT2D eigenvalue weighted by Crippen LogP contribution is -2.05. The highest BCUT2D eigenvalue weighted by Gasteiger charge is 2.24. The normalized spacial score (nSPS) is 12.0. The molecule has 2 nitrogen and oxygen atoms in total. The van der Waals surface area contributed by atoms with Gasteiger partial charge in [0.2, 0.25) is 0 Å². The number of carbonyl (C=O) groups is 1. The van der Waals surface area contributed by atoms with Crippen molar-refractivity contribution >= 4 is 5.97 Å². The molecule has 0 aromatic carbocycles. The minimum Gasteiger partial charge on any atom is -0.466 e. The monoisotopic (exact) mass is 168 g/mol. The SMILES string of the molecule is COC(=O)/C=C/CC(F)(F)F. The predicted octanol–water partition coefficient (Wildman–Crippen LogP) is 1.67. The van der Waals surface area contributed by atoms with Gasteiger partial charge in [0.25, 0.3) is 0 Å². The van der Waals surface area contributed by atoms with Crippen molar-refractivity contribution in [3.8, 4) is 0 Å². The Hall–Kier alpha value is -1.00. The maximum absolute atomic E-state index is 11.4. The van der Waals surface area contributed by atoms with Crippen molar-refractivity contribution in [3.63, 3.8) is 0 Å². The highest BCUT2D eigenvalue weighted by molar-refractivity contribution is 5.81. The van der Waals surface area contributed by atoms with E-state index in [4.69, 9.17) is 0 Å². The molecule has 0 aliphatic heterocycles. The van der Waals surface area contributed by atoms with Gasteiger partial charge in [-0.15, -0.1) is 0 Å². The van der Waals surface area contributed by atoms with Crippen LogP contribution in [-0.4, -0.2) is 19.3 Å². The zero-order chi connectivity index (χ0) is 8.91. The number of carbonyl (C=O) groups excluding carboxylic acids is 1. The van der Waals surface area contributed by atoms with Crippen LogP contribution in [0.4, 0.5) is 13.2 Å². The van der Waals surface area contributed by atoms with E-state index in [2.05, 4.69) is 4.74 Å². The molecule has 0 heterocycles. The maximum atomic E-state index is 11.4. The van der Waals surface area contributed by atoms with Crippen LogP contribution in [0.5, 0.6) is 0 Å². The van der Waals surface area contributed by atoms with Crippen molar-refractivity contribution in [1.82, 2.24) is 0 Å². The number of halogens is 3. The minimum atomic E-state index is -4.26. The molecule has 0 amide bonds. The third-order valence-electron chi connectivity index (χ3n) is 0.804. The Balaban J connectivity index is 3.70. The van der Waals surface area contributed by atoms with Crippen LogP contribution in [0.2, 0.25) is 0 Å². The maximum Gasteiger partial charge on any atom is 0.392 e. The molecule has 0 aliphatic rings. The van der Waals surface area contributed by atoms with E-state index in [1.54, 1.807) is 0 Å². The molecular formula is C6H7F3O2. The van der Waals surface area contributed by atoms with Crippen molar-refractivity contribution in [2.75, 3.05) is 7.11 Å². The molecule has 0 aromatic heterocycles. The third-order valence-corrected chi connectivity index (χ3v) is 0.804. The summed E-state index contributed by atoms with van der Waals surface area (Å²) in [6, 6.07) is 0. The van der Waals surface area contributed by atoms with E-state index in [9.17, 15) is 18.0 Å². The van der Waals surface area contributed by atoms with Crippen LogP contribution >= 0.6 is 0 Å². The smallest absolute Gasteiger partial charge is 0.392 e. The molecule has 5 heteroatoms. The van der Waals surface area contributed by atoms with Crippen molar-refractivity contribution in [2.45, 2.75) is 12.6 Å². The van der Waals surface area contributed by atoms with E-state index in [0.29, 0.717) is 6.08 Å². The molecule has 0 bridgehead atoms. The molecular weight excluding hydrogens is 161 g/mol. The molecule has 0 aromatic rings. The highest BCUT2D eigenvalue weighted by Crippen LogP contribution is 2.19. The summed E-state index contributed by atoms with van der Waals surface area (Å²) in [5.41, 5.74) is 0. The largest absolute Gasteiger partial charge is 0.466 e. The number of rotatable bonds is 2. The molecule has 0 saturated carbocycles. The van der Waals surface area contributed by atoms with Crippen LogP contribution in [0.1, 0.15) is 6.42 Å². The molecule has 11 heavy (non-hydrogen) atoms. The summed E-state index contributed by atoms with van der Waals surface area (Å²) >= 11 is 0. The first-order valence-electron chi connectivity index (χ1n) is 2.77. The van der Waals surface area contributed by atoms with Crippen LogP contribution in [-0.2, 0) is 9.53 Å². The summed E-state index contributed by atoms with van der Waals surface area (Å²) in [6.45, 7) is 0. The standard InChI is InChI=1S/C6H7F3O2/c1-11-5(10)3-2-4-6(7,8)9/h2-3H,4H2,1H3/b3-2+. The number of methoxy groups -OCH3 is 1. The summed E-state index contributed by atoms with van der Waals surface area (Å²) in [6.07, 6.45) is -3.91. The lowest BCUT2D eigenvalue weighted by molar-refractivity contribution is -0.135. The summed E-state index contributed by atoms with van der Waals surface area (Å²) < 4.78 is 38.3. The fourth-order valence-electron chi connectivity index (χ4n) is 0.357. The first-order chi connectivity index (χ1) is 4.95. The zero-order valence-electron chi connectivity index (χ0n) is 5.81. The Kier molecular flexibility index (Phi) is 3.64. The van der Waals surface area contributed by atoms with Crippen LogP contribution in [0, 0.1) is 0 Å². The van der Waals surface area contributed by atoms with Crippen molar-refractivity contribution in [1.29, 1.82) is 0 Å². The van der Waals surface area contributed by atoms with Gasteiger partial charge in [0.05, 0.1) is 13.5 Å². The first kappa shape index (κ1) is 10.0. The highest BCUT2D eigenvalue weighted by atomic mass is 19.4. The van der Waals surface area contributed by atoms with E-state index in [1.165, 1.54) is 0 Å². The van der Waals surface area contributed by atoms with Gasteiger partial charge in [0.1, 0.15) is 0 Å². The fraction of sp³-hybridized carbons (Fsp3) is 0.500. The third kappa shape index (κ3) is 6.89. The van der Waals surface area contributed by atoms with Crippen molar-refractivity contribution < 1.29 is 22.7 Å². The second-order valence-corrected chi connectivity index (χ2v) is 1.74. The molecule has 64 valence electrons. The van der Waals surface area contributed by atoms with E-state index >= 15 is 0 Å². The van der Waals surface area contributed by atoms with Crippen molar-refractivity contribution in [3.05, 3.63) is 12.2 Å². The lowest BCUT2D eigenvalue weighted by Gasteiger charge is -1.99. The molecule has 0 radical (unpaired) electrons. The summed E-state index contributed by atoms with van der Waals surface area (Å²) in [4.78, 5) is 10.2. The van der Waals surface area contributed by atoms with Gasteiger partial charge in [-0.1, -0.05) is 6.08 Å². The lowest BCUT2D eigenvalue weighted by atomic mass is 10.4. The van der Waals surface area contributed by atoms with Gasteiger partial charge in [0.15, 0.2) is 0 Å². The molecule has 0 aliphatic carbocycles. The zero-order valence-corrected chi connectivity index (χ0v) is 5.81. The second-order valence-electron chi connectivity index (χ2n) is 1.74. The van der Waals surface area contributed by atoms with Gasteiger partial charge >= 0.3 is 12.1 Å². The van der Waals surface area contributed by atoms with Gasteiger partial charge in [-0.2, -0.15) is 13.2 Å². The van der Waals surface area contributed by atoms with E-state index in [-0.39, 0.29) is 0 Å². The molecule has 0 unspecified atom stereocenters. The van der Waals surface area contributed by atoms with Gasteiger partial charge in [0, 0.05) is 6.08 Å². The Labute approximate surface area is 61.6 Å². The Morgan fingerprint density at radius 2 is 2.09 bits per heavy atom. The van der Waals surface area contributed by atoms with Crippen LogP contribution in [0.15, 0.2) is 12.2 Å². The molecule has 0 rings (SSSR count). The number of hydrogen-bond acceptors (Lipinski definition) is 2. The molecule has 0 fully saturated rings. The number of hydrogen-bond donors (Lipinski definition) is 0. The van der Waals surface area contributed by atoms with Gasteiger partial charge in [-0.25, -0.2) is 4.79 Å². The Bertz CT molecular complexity index is 160. The van der Waals surface area contributed by atoms with Crippen molar-refractivity contribution in [2.24, 2.45) is 0 Å². The fourth-order valence-corrected chi connectivity index (χ4v) is 0.357. The van der Waals surface area contributed by atoms with Gasteiger partial charge in [-0.3, -0.25) is 0 Å². The second kappa shape index (κ2) is 4.00. The van der Waals surface area contributed by atoms with E-state index in [0.717, 1.165) is 13.2 Å². The number of esters is 1. The quantitative estimate of drug-likeness (QED) is 0.463. The summed E-state index contributed by atoms with van der Waals surface area (Å²) in [7, 11) is 1.10. The number of alkyl halides is 3. The number of ether oxygens (including phenoxy) is 1. The summed E-state index contributed by atoms with van der Waals surface area (Å²) in [5, 5.41) is 0. The Morgan fingerprint density at radius 3 is 2.45 bits per heavy atom. The average Bonchev–Trinajstić information content (AvgIpc) is 1.85. The van der Waals surface area contributed by atoms with Crippen LogP contribution in [0.3, 0.4) is 0 Å².